The van der Waals surface area contributed by atoms with E-state index >= 15 is 0 Å². The van der Waals surface area contributed by atoms with Gasteiger partial charge in [-0.3, -0.25) is 9.78 Å². The molecule has 1 amide bonds. The van der Waals surface area contributed by atoms with Gasteiger partial charge in [0.1, 0.15) is 5.75 Å². The molecule has 0 aliphatic carbocycles. The molecule has 1 atom stereocenters. The van der Waals surface area contributed by atoms with Crippen LogP contribution in [0.1, 0.15) is 18.4 Å². The smallest absolute Gasteiger partial charge is 0.232 e. The Morgan fingerprint density at radius 2 is 2.21 bits per heavy atom. The number of anilines is 1. The molecule has 1 aromatic carbocycles. The monoisotopic (exact) mass is 257 g/mol. The lowest BCUT2D eigenvalue weighted by Gasteiger charge is -2.12. The molecule has 0 unspecified atom stereocenters. The van der Waals surface area contributed by atoms with E-state index in [0.717, 1.165) is 11.3 Å². The van der Waals surface area contributed by atoms with Crippen molar-refractivity contribution in [3.63, 3.8) is 0 Å². The Labute approximate surface area is 111 Å². The van der Waals surface area contributed by atoms with Gasteiger partial charge in [0.25, 0.3) is 0 Å². The van der Waals surface area contributed by atoms with Gasteiger partial charge in [-0.25, -0.2) is 4.98 Å². The summed E-state index contributed by atoms with van der Waals surface area (Å²) in [4.78, 5) is 20.0. The molecule has 2 aromatic rings. The number of hydrogen-bond donors (Lipinski definition) is 1. The van der Waals surface area contributed by atoms with Crippen molar-refractivity contribution in [2.45, 2.75) is 12.8 Å². The summed E-state index contributed by atoms with van der Waals surface area (Å²) in [5, 5.41) is 2.72. The van der Waals surface area contributed by atoms with E-state index in [0.29, 0.717) is 5.82 Å². The van der Waals surface area contributed by atoms with Crippen molar-refractivity contribution in [3.05, 3.63) is 48.4 Å². The molecule has 5 heteroatoms. The standard InChI is InChI=1S/C14H15N3O2/c1-10(11-4-3-5-12(8-11)19-2)14(18)17-13-9-15-6-7-16-13/h3-10H,1-2H3,(H,16,17,18)/t10-/m0/s1. The number of amides is 1. The Morgan fingerprint density at radius 3 is 2.89 bits per heavy atom. The average molecular weight is 257 g/mol. The summed E-state index contributed by atoms with van der Waals surface area (Å²) in [6, 6.07) is 7.45. The molecule has 1 heterocycles. The van der Waals surface area contributed by atoms with Gasteiger partial charge in [-0.1, -0.05) is 12.1 Å². The Hall–Kier alpha value is -2.43. The molecule has 19 heavy (non-hydrogen) atoms. The van der Waals surface area contributed by atoms with Crippen LogP contribution in [-0.4, -0.2) is 23.0 Å². The third-order valence-electron chi connectivity index (χ3n) is 2.80. The van der Waals surface area contributed by atoms with E-state index in [9.17, 15) is 4.79 Å². The zero-order valence-corrected chi connectivity index (χ0v) is 10.8. The second-order valence-electron chi connectivity index (χ2n) is 4.08. The lowest BCUT2D eigenvalue weighted by Crippen LogP contribution is -2.19. The summed E-state index contributed by atoms with van der Waals surface area (Å²) in [5.41, 5.74) is 0.890. The van der Waals surface area contributed by atoms with Gasteiger partial charge in [-0.2, -0.15) is 0 Å². The summed E-state index contributed by atoms with van der Waals surface area (Å²) in [7, 11) is 1.60. The summed E-state index contributed by atoms with van der Waals surface area (Å²) in [6.45, 7) is 1.83. The van der Waals surface area contributed by atoms with E-state index in [2.05, 4.69) is 15.3 Å². The van der Waals surface area contributed by atoms with Crippen LogP contribution >= 0.6 is 0 Å². The molecular weight excluding hydrogens is 242 g/mol. The van der Waals surface area contributed by atoms with Crippen molar-refractivity contribution in [2.75, 3.05) is 12.4 Å². The molecule has 0 fully saturated rings. The molecule has 0 saturated carbocycles. The largest absolute Gasteiger partial charge is 0.497 e. The van der Waals surface area contributed by atoms with E-state index in [-0.39, 0.29) is 11.8 Å². The van der Waals surface area contributed by atoms with Gasteiger partial charge in [0.15, 0.2) is 5.82 Å². The minimum Gasteiger partial charge on any atom is -0.497 e. The maximum absolute atomic E-state index is 12.1. The number of methoxy groups -OCH3 is 1. The molecular formula is C14H15N3O2. The number of nitrogens with one attached hydrogen (secondary N) is 1. The second-order valence-corrected chi connectivity index (χ2v) is 4.08. The van der Waals surface area contributed by atoms with E-state index in [1.807, 2.05) is 31.2 Å². The van der Waals surface area contributed by atoms with Crippen molar-refractivity contribution < 1.29 is 9.53 Å². The van der Waals surface area contributed by atoms with Gasteiger partial charge >= 0.3 is 0 Å². The Kier molecular flexibility index (Phi) is 4.07. The number of ether oxygens (including phenoxy) is 1. The number of aromatic nitrogens is 2. The number of nitrogens with zero attached hydrogens (tertiary/aromatic N) is 2. The fourth-order valence-electron chi connectivity index (χ4n) is 1.66. The Balaban J connectivity index is 2.10. The summed E-state index contributed by atoms with van der Waals surface area (Å²) in [6.07, 6.45) is 4.60. The Morgan fingerprint density at radius 1 is 1.37 bits per heavy atom. The highest BCUT2D eigenvalue weighted by atomic mass is 16.5. The SMILES string of the molecule is COc1cccc([C@H](C)C(=O)Nc2cnccn2)c1. The predicted molar refractivity (Wildman–Crippen MR) is 72.1 cm³/mol. The van der Waals surface area contributed by atoms with Gasteiger partial charge in [0.05, 0.1) is 19.2 Å². The summed E-state index contributed by atoms with van der Waals surface area (Å²) >= 11 is 0. The number of carbonyl (C=O) groups excluding carboxylic acids is 1. The maximum atomic E-state index is 12.1. The van der Waals surface area contributed by atoms with Crippen LogP contribution in [0, 0.1) is 0 Å². The fraction of sp³-hybridized carbons (Fsp3) is 0.214. The third-order valence-corrected chi connectivity index (χ3v) is 2.80. The number of rotatable bonds is 4. The quantitative estimate of drug-likeness (QED) is 0.912. The molecule has 0 radical (unpaired) electrons. The van der Waals surface area contributed by atoms with Crippen LogP contribution in [0.15, 0.2) is 42.9 Å². The summed E-state index contributed by atoms with van der Waals surface area (Å²) in [5.74, 6) is 0.754. The van der Waals surface area contributed by atoms with Crippen molar-refractivity contribution in [3.8, 4) is 5.75 Å². The molecule has 0 spiro atoms. The minimum atomic E-state index is -0.294. The highest BCUT2D eigenvalue weighted by molar-refractivity contribution is 5.94. The first-order chi connectivity index (χ1) is 9.20. The van der Waals surface area contributed by atoms with E-state index in [4.69, 9.17) is 4.74 Å². The van der Waals surface area contributed by atoms with E-state index in [1.165, 1.54) is 12.4 Å². The first-order valence-corrected chi connectivity index (χ1v) is 5.91. The fourth-order valence-corrected chi connectivity index (χ4v) is 1.66. The van der Waals surface area contributed by atoms with Crippen LogP contribution in [-0.2, 0) is 4.79 Å². The van der Waals surface area contributed by atoms with Gasteiger partial charge in [-0.05, 0) is 24.6 Å². The van der Waals surface area contributed by atoms with Crippen LogP contribution in [0.4, 0.5) is 5.82 Å². The number of benzene rings is 1. The van der Waals surface area contributed by atoms with Gasteiger partial charge < -0.3 is 10.1 Å². The second kappa shape index (κ2) is 5.95. The van der Waals surface area contributed by atoms with Crippen LogP contribution in [0.25, 0.3) is 0 Å². The van der Waals surface area contributed by atoms with Crippen molar-refractivity contribution in [1.29, 1.82) is 0 Å². The highest BCUT2D eigenvalue weighted by Gasteiger charge is 2.16. The van der Waals surface area contributed by atoms with Crippen molar-refractivity contribution in [2.24, 2.45) is 0 Å². The first kappa shape index (κ1) is 13.0. The lowest BCUT2D eigenvalue weighted by molar-refractivity contribution is -0.117. The van der Waals surface area contributed by atoms with E-state index in [1.54, 1.807) is 13.3 Å². The molecule has 1 N–H and O–H groups in total. The molecule has 1 aromatic heterocycles. The zero-order chi connectivity index (χ0) is 13.7. The maximum Gasteiger partial charge on any atom is 0.232 e. The normalized spacial score (nSPS) is 11.7. The molecule has 0 aliphatic rings. The molecule has 0 saturated heterocycles. The molecule has 0 aliphatic heterocycles. The lowest BCUT2D eigenvalue weighted by atomic mass is 10.0. The highest BCUT2D eigenvalue weighted by Crippen LogP contribution is 2.21. The molecule has 2 rings (SSSR count). The van der Waals surface area contributed by atoms with Crippen LogP contribution in [0.5, 0.6) is 5.75 Å². The van der Waals surface area contributed by atoms with Crippen molar-refractivity contribution in [1.82, 2.24) is 9.97 Å². The van der Waals surface area contributed by atoms with Gasteiger partial charge in [0, 0.05) is 12.4 Å². The van der Waals surface area contributed by atoms with Crippen LogP contribution in [0.3, 0.4) is 0 Å². The molecule has 5 nitrogen and oxygen atoms in total. The van der Waals surface area contributed by atoms with Gasteiger partial charge in [-0.15, -0.1) is 0 Å². The topological polar surface area (TPSA) is 64.1 Å². The molecule has 0 bridgehead atoms. The van der Waals surface area contributed by atoms with E-state index < -0.39 is 0 Å². The average Bonchev–Trinajstić information content (AvgIpc) is 2.47. The first-order valence-electron chi connectivity index (χ1n) is 5.91. The summed E-state index contributed by atoms with van der Waals surface area (Å²) < 4.78 is 5.15. The number of carbonyl (C=O) groups is 1. The number of hydrogen-bond acceptors (Lipinski definition) is 4. The molecule has 98 valence electrons. The van der Waals surface area contributed by atoms with Gasteiger partial charge in [0.2, 0.25) is 5.91 Å². The third kappa shape index (κ3) is 3.28. The van der Waals surface area contributed by atoms with Crippen molar-refractivity contribution >= 4 is 11.7 Å². The Bertz CT molecular complexity index is 558. The minimum absolute atomic E-state index is 0.131. The predicted octanol–water partition coefficient (Wildman–Crippen LogP) is 2.23. The zero-order valence-electron chi connectivity index (χ0n) is 10.8. The van der Waals surface area contributed by atoms with Crippen LogP contribution in [0.2, 0.25) is 0 Å². The van der Waals surface area contributed by atoms with Crippen LogP contribution < -0.4 is 10.1 Å².